The van der Waals surface area contributed by atoms with E-state index in [0.717, 1.165) is 10.6 Å². The van der Waals surface area contributed by atoms with E-state index >= 15 is 0 Å². The molecule has 10 heteroatoms. The number of methoxy groups -OCH3 is 1. The summed E-state index contributed by atoms with van der Waals surface area (Å²) < 4.78 is 30.1. The molecule has 0 spiro atoms. The minimum absolute atomic E-state index is 0.335. The van der Waals surface area contributed by atoms with Crippen molar-refractivity contribution in [1.82, 2.24) is 5.43 Å². The van der Waals surface area contributed by atoms with Gasteiger partial charge in [0.05, 0.1) is 35.3 Å². The Morgan fingerprint density at radius 2 is 1.85 bits per heavy atom. The molecule has 2 aromatic rings. The van der Waals surface area contributed by atoms with Gasteiger partial charge in [-0.1, -0.05) is 29.3 Å². The van der Waals surface area contributed by atoms with Crippen LogP contribution >= 0.6 is 23.2 Å². The summed E-state index contributed by atoms with van der Waals surface area (Å²) in [4.78, 5) is 12.1. The quantitative estimate of drug-likeness (QED) is 0.541. The Morgan fingerprint density at radius 1 is 1.19 bits per heavy atom. The van der Waals surface area contributed by atoms with Crippen molar-refractivity contribution in [2.75, 3.05) is 24.2 Å². The van der Waals surface area contributed by atoms with Crippen molar-refractivity contribution >= 4 is 51.0 Å². The molecule has 0 bridgehead atoms. The van der Waals surface area contributed by atoms with Gasteiger partial charge in [0.1, 0.15) is 12.3 Å². The zero-order valence-electron chi connectivity index (χ0n) is 14.5. The molecule has 2 aromatic carbocycles. The fourth-order valence-electron chi connectivity index (χ4n) is 2.09. The molecule has 0 radical (unpaired) electrons. The Morgan fingerprint density at radius 3 is 2.41 bits per heavy atom. The number of benzene rings is 2. The number of hydrogen-bond donors (Lipinski definition) is 1. The van der Waals surface area contributed by atoms with E-state index < -0.39 is 22.5 Å². The molecule has 144 valence electrons. The van der Waals surface area contributed by atoms with Crippen molar-refractivity contribution in [2.24, 2.45) is 5.10 Å². The second-order valence-electron chi connectivity index (χ2n) is 5.43. The van der Waals surface area contributed by atoms with Gasteiger partial charge >= 0.3 is 0 Å². The Labute approximate surface area is 167 Å². The van der Waals surface area contributed by atoms with Crippen LogP contribution in [0.5, 0.6) is 5.75 Å². The molecule has 0 fully saturated rings. The maximum atomic E-state index is 12.1. The number of amides is 1. The third-order valence-electron chi connectivity index (χ3n) is 3.39. The number of carbonyl (C=O) groups excluding carboxylic acids is 1. The molecule has 0 aliphatic carbocycles. The minimum Gasteiger partial charge on any atom is -0.497 e. The molecule has 1 amide bonds. The molecule has 2 rings (SSSR count). The van der Waals surface area contributed by atoms with Crippen LogP contribution in [0.3, 0.4) is 0 Å². The summed E-state index contributed by atoms with van der Waals surface area (Å²) >= 11 is 11.7. The predicted molar refractivity (Wildman–Crippen MR) is 107 cm³/mol. The molecular weight excluding hydrogens is 413 g/mol. The molecule has 1 N–H and O–H groups in total. The summed E-state index contributed by atoms with van der Waals surface area (Å²) in [7, 11) is -2.17. The first-order valence-electron chi connectivity index (χ1n) is 7.59. The summed E-state index contributed by atoms with van der Waals surface area (Å²) in [6, 6.07) is 11.2. The van der Waals surface area contributed by atoms with Gasteiger partial charge in [0.2, 0.25) is 10.0 Å². The van der Waals surface area contributed by atoms with E-state index in [1.807, 2.05) is 0 Å². The topological polar surface area (TPSA) is 88.1 Å². The van der Waals surface area contributed by atoms with Crippen molar-refractivity contribution in [1.29, 1.82) is 0 Å². The Balaban J connectivity index is 2.07. The van der Waals surface area contributed by atoms with Gasteiger partial charge < -0.3 is 4.74 Å². The van der Waals surface area contributed by atoms with Gasteiger partial charge in [0.25, 0.3) is 5.91 Å². The van der Waals surface area contributed by atoms with Gasteiger partial charge in [-0.25, -0.2) is 13.8 Å². The van der Waals surface area contributed by atoms with E-state index in [9.17, 15) is 13.2 Å². The lowest BCUT2D eigenvalue weighted by Gasteiger charge is -2.21. The number of halogens is 2. The first-order chi connectivity index (χ1) is 12.7. The lowest BCUT2D eigenvalue weighted by Crippen LogP contribution is -2.39. The average molecular weight is 430 g/mol. The van der Waals surface area contributed by atoms with Gasteiger partial charge in [0.15, 0.2) is 0 Å². The third kappa shape index (κ3) is 6.13. The highest BCUT2D eigenvalue weighted by Gasteiger charge is 2.20. The van der Waals surface area contributed by atoms with Crippen LogP contribution in [0.25, 0.3) is 0 Å². The second kappa shape index (κ2) is 9.07. The molecule has 27 heavy (non-hydrogen) atoms. The summed E-state index contributed by atoms with van der Waals surface area (Å²) in [5, 5.41) is 4.56. The highest BCUT2D eigenvalue weighted by atomic mass is 35.5. The van der Waals surface area contributed by atoms with Gasteiger partial charge in [0, 0.05) is 0 Å². The van der Waals surface area contributed by atoms with E-state index in [4.69, 9.17) is 27.9 Å². The molecule has 0 aromatic heterocycles. The largest absolute Gasteiger partial charge is 0.497 e. The van der Waals surface area contributed by atoms with Crippen LogP contribution in [0.4, 0.5) is 5.69 Å². The lowest BCUT2D eigenvalue weighted by molar-refractivity contribution is -0.119. The Hall–Kier alpha value is -2.29. The summed E-state index contributed by atoms with van der Waals surface area (Å²) in [5.74, 6) is -0.0320. The van der Waals surface area contributed by atoms with E-state index in [1.54, 1.807) is 42.5 Å². The van der Waals surface area contributed by atoms with E-state index in [2.05, 4.69) is 10.5 Å². The molecule has 0 saturated heterocycles. The van der Waals surface area contributed by atoms with Crippen LogP contribution in [0.1, 0.15) is 5.56 Å². The first kappa shape index (κ1) is 21.0. The predicted octanol–water partition coefficient (Wildman–Crippen LogP) is 2.92. The van der Waals surface area contributed by atoms with Crippen LogP contribution in [0.15, 0.2) is 47.6 Å². The molecule has 0 atom stereocenters. The first-order valence-corrected chi connectivity index (χ1v) is 10.2. The SMILES string of the molecule is COc1ccc(N(CC(=O)N/N=C\c2ccc(Cl)c(Cl)c2)S(C)(=O)=O)cc1. The maximum Gasteiger partial charge on any atom is 0.260 e. The van der Waals surface area contributed by atoms with Crippen LogP contribution in [-0.2, 0) is 14.8 Å². The summed E-state index contributed by atoms with van der Waals surface area (Å²) in [5.41, 5.74) is 3.24. The normalized spacial score (nSPS) is 11.4. The van der Waals surface area contributed by atoms with E-state index in [0.29, 0.717) is 27.0 Å². The number of ether oxygens (including phenoxy) is 1. The summed E-state index contributed by atoms with van der Waals surface area (Å²) in [6.07, 6.45) is 2.39. The molecule has 0 heterocycles. The van der Waals surface area contributed by atoms with Gasteiger partial charge in [-0.05, 0) is 42.0 Å². The number of carbonyl (C=O) groups is 1. The zero-order valence-corrected chi connectivity index (χ0v) is 16.8. The molecular formula is C17H17Cl2N3O4S. The number of sulfonamides is 1. The van der Waals surface area contributed by atoms with Gasteiger partial charge in [-0.15, -0.1) is 0 Å². The highest BCUT2D eigenvalue weighted by molar-refractivity contribution is 7.92. The van der Waals surface area contributed by atoms with Crippen LogP contribution in [0.2, 0.25) is 10.0 Å². The zero-order chi connectivity index (χ0) is 20.0. The highest BCUT2D eigenvalue weighted by Crippen LogP contribution is 2.22. The molecule has 0 unspecified atom stereocenters. The molecule has 0 saturated carbocycles. The van der Waals surface area contributed by atoms with E-state index in [-0.39, 0.29) is 0 Å². The number of anilines is 1. The second-order valence-corrected chi connectivity index (χ2v) is 8.16. The maximum absolute atomic E-state index is 12.1. The van der Waals surface area contributed by atoms with Crippen molar-refractivity contribution in [3.63, 3.8) is 0 Å². The van der Waals surface area contributed by atoms with Crippen molar-refractivity contribution < 1.29 is 17.9 Å². The van der Waals surface area contributed by atoms with Crippen LogP contribution in [0, 0.1) is 0 Å². The number of hydrazone groups is 1. The monoisotopic (exact) mass is 429 g/mol. The number of rotatable bonds is 7. The molecule has 7 nitrogen and oxygen atoms in total. The number of nitrogens with zero attached hydrogens (tertiary/aromatic N) is 2. The van der Waals surface area contributed by atoms with Crippen molar-refractivity contribution in [2.45, 2.75) is 0 Å². The fraction of sp³-hybridized carbons (Fsp3) is 0.176. The minimum atomic E-state index is -3.67. The van der Waals surface area contributed by atoms with Crippen LogP contribution in [-0.4, -0.2) is 40.4 Å². The smallest absolute Gasteiger partial charge is 0.260 e. The fourth-order valence-corrected chi connectivity index (χ4v) is 3.25. The van der Waals surface area contributed by atoms with Gasteiger partial charge in [-0.2, -0.15) is 5.10 Å². The Kier molecular flexibility index (Phi) is 7.06. The molecule has 0 aliphatic rings. The third-order valence-corrected chi connectivity index (χ3v) is 5.27. The Bertz CT molecular complexity index is 947. The van der Waals surface area contributed by atoms with Crippen molar-refractivity contribution in [3.05, 3.63) is 58.1 Å². The molecule has 0 aliphatic heterocycles. The van der Waals surface area contributed by atoms with Crippen LogP contribution < -0.4 is 14.5 Å². The van der Waals surface area contributed by atoms with Gasteiger partial charge in [-0.3, -0.25) is 9.10 Å². The average Bonchev–Trinajstić information content (AvgIpc) is 2.62. The standard InChI is InChI=1S/C17H17Cl2N3O4S/c1-26-14-6-4-13(5-7-14)22(27(2,24)25)11-17(23)21-20-10-12-3-8-15(18)16(19)9-12/h3-10H,11H2,1-2H3,(H,21,23)/b20-10-. The van der Waals surface area contributed by atoms with E-state index in [1.165, 1.54) is 13.3 Å². The van der Waals surface area contributed by atoms with Crippen molar-refractivity contribution in [3.8, 4) is 5.75 Å². The number of hydrogen-bond acceptors (Lipinski definition) is 5. The summed E-state index contributed by atoms with van der Waals surface area (Å²) in [6.45, 7) is -0.427. The lowest BCUT2D eigenvalue weighted by atomic mass is 10.2. The number of nitrogens with one attached hydrogen (secondary N) is 1.